The molecule has 0 radical (unpaired) electrons. The number of amides is 4. The molecule has 1 saturated heterocycles. The van der Waals surface area contributed by atoms with E-state index in [0.717, 1.165) is 15.4 Å². The molecule has 100 valence electrons. The Bertz CT molecular complexity index is 405. The van der Waals surface area contributed by atoms with Crippen LogP contribution in [-0.4, -0.2) is 58.4 Å². The van der Waals surface area contributed by atoms with Crippen molar-refractivity contribution in [2.24, 2.45) is 0 Å². The van der Waals surface area contributed by atoms with Gasteiger partial charge in [-0.3, -0.25) is 9.80 Å². The summed E-state index contributed by atoms with van der Waals surface area (Å²) in [5, 5.41) is 9.90. The van der Waals surface area contributed by atoms with Gasteiger partial charge in [0.1, 0.15) is 0 Å². The summed E-state index contributed by atoms with van der Waals surface area (Å²) in [5.74, 6) is 0. The van der Waals surface area contributed by atoms with E-state index in [9.17, 15) is 14.7 Å². The molecule has 6 nitrogen and oxygen atoms in total. The first-order valence-corrected chi connectivity index (χ1v) is 5.57. The number of urea groups is 2. The molecular formula is C12H19N3O3. The molecule has 0 aliphatic carbocycles. The lowest BCUT2D eigenvalue weighted by Crippen LogP contribution is -2.65. The number of imide groups is 1. The minimum Gasteiger partial charge on any atom is -0.356 e. The summed E-state index contributed by atoms with van der Waals surface area (Å²) in [6.07, 6.45) is -1.26. The Labute approximate surface area is 107 Å². The lowest BCUT2D eigenvalue weighted by atomic mass is 10.3. The average molecular weight is 253 g/mol. The summed E-state index contributed by atoms with van der Waals surface area (Å²) < 4.78 is 0. The number of carbonyl (C=O) groups excluding carboxylic acids is 2. The van der Waals surface area contributed by atoms with Crippen molar-refractivity contribution in [1.82, 2.24) is 14.7 Å². The molecule has 1 aliphatic heterocycles. The molecule has 18 heavy (non-hydrogen) atoms. The van der Waals surface area contributed by atoms with Crippen molar-refractivity contribution in [3.05, 3.63) is 24.3 Å². The maximum Gasteiger partial charge on any atom is 0.332 e. The fourth-order valence-electron chi connectivity index (χ4n) is 1.68. The monoisotopic (exact) mass is 253 g/mol. The third-order valence-corrected chi connectivity index (χ3v) is 2.50. The molecule has 0 aromatic rings. The Morgan fingerprint density at radius 1 is 1.17 bits per heavy atom. The third-order valence-electron chi connectivity index (χ3n) is 2.50. The summed E-state index contributed by atoms with van der Waals surface area (Å²) in [5.41, 5.74) is 1.41. The summed E-state index contributed by atoms with van der Waals surface area (Å²) >= 11 is 0. The van der Waals surface area contributed by atoms with Crippen LogP contribution in [0.2, 0.25) is 0 Å². The Kier molecular flexibility index (Phi) is 4.13. The fraction of sp³-hybridized carbons (Fsp3) is 0.500. The Hall–Kier alpha value is -1.82. The SMILES string of the molecule is C=C(C)CN1C(=O)N(C)C(O)N(CC(=C)C)C1=O. The third kappa shape index (κ3) is 2.70. The predicted molar refractivity (Wildman–Crippen MR) is 67.6 cm³/mol. The van der Waals surface area contributed by atoms with Crippen molar-refractivity contribution in [3.8, 4) is 0 Å². The van der Waals surface area contributed by atoms with Crippen LogP contribution in [0.5, 0.6) is 0 Å². The van der Waals surface area contributed by atoms with Crippen LogP contribution in [0.4, 0.5) is 9.59 Å². The number of aliphatic hydroxyl groups excluding tert-OH is 1. The van der Waals surface area contributed by atoms with E-state index < -0.39 is 18.4 Å². The van der Waals surface area contributed by atoms with Crippen LogP contribution in [0.1, 0.15) is 13.8 Å². The zero-order valence-corrected chi connectivity index (χ0v) is 11.0. The van der Waals surface area contributed by atoms with E-state index in [1.807, 2.05) is 0 Å². The number of carbonyl (C=O) groups is 2. The van der Waals surface area contributed by atoms with E-state index in [1.54, 1.807) is 13.8 Å². The molecule has 0 spiro atoms. The second kappa shape index (κ2) is 5.22. The van der Waals surface area contributed by atoms with Gasteiger partial charge in [0.25, 0.3) is 0 Å². The first-order valence-electron chi connectivity index (χ1n) is 5.57. The number of hydrogen-bond acceptors (Lipinski definition) is 3. The Morgan fingerprint density at radius 2 is 1.67 bits per heavy atom. The summed E-state index contributed by atoms with van der Waals surface area (Å²) in [6, 6.07) is -1.06. The molecule has 1 rings (SSSR count). The van der Waals surface area contributed by atoms with Crippen molar-refractivity contribution in [2.75, 3.05) is 20.1 Å². The molecule has 1 fully saturated rings. The summed E-state index contributed by atoms with van der Waals surface area (Å²) in [4.78, 5) is 27.4. The van der Waals surface area contributed by atoms with Crippen LogP contribution in [-0.2, 0) is 0 Å². The lowest BCUT2D eigenvalue weighted by Gasteiger charge is -2.43. The van der Waals surface area contributed by atoms with Crippen LogP contribution >= 0.6 is 0 Å². The van der Waals surface area contributed by atoms with Gasteiger partial charge in [0, 0.05) is 13.6 Å². The van der Waals surface area contributed by atoms with Crippen molar-refractivity contribution >= 4 is 12.1 Å². The van der Waals surface area contributed by atoms with Crippen molar-refractivity contribution in [2.45, 2.75) is 20.2 Å². The van der Waals surface area contributed by atoms with Crippen LogP contribution in [0.15, 0.2) is 24.3 Å². The molecule has 1 heterocycles. The number of nitrogens with zero attached hydrogens (tertiary/aromatic N) is 3. The van der Waals surface area contributed by atoms with E-state index in [-0.39, 0.29) is 13.1 Å². The smallest absolute Gasteiger partial charge is 0.332 e. The molecule has 4 amide bonds. The zero-order chi connectivity index (χ0) is 14.0. The molecule has 1 atom stereocenters. The summed E-state index contributed by atoms with van der Waals surface area (Å²) in [7, 11) is 1.44. The second-order valence-corrected chi connectivity index (χ2v) is 4.65. The molecule has 0 aromatic carbocycles. The molecule has 0 aromatic heterocycles. The molecule has 6 heteroatoms. The number of rotatable bonds is 4. The standard InChI is InChI=1S/C12H19N3O3/c1-8(2)6-14-10(16)13(5)11(17)15(12(14)18)7-9(3)4/h10,16H,1,3,6-7H2,2,4-5H3. The van der Waals surface area contributed by atoms with Gasteiger partial charge in [-0.15, -0.1) is 0 Å². The van der Waals surface area contributed by atoms with Crippen molar-refractivity contribution in [1.29, 1.82) is 0 Å². The van der Waals surface area contributed by atoms with E-state index in [0.29, 0.717) is 5.57 Å². The van der Waals surface area contributed by atoms with Gasteiger partial charge in [-0.25, -0.2) is 14.5 Å². The van der Waals surface area contributed by atoms with Gasteiger partial charge < -0.3 is 5.11 Å². The maximum atomic E-state index is 12.1. The lowest BCUT2D eigenvalue weighted by molar-refractivity contribution is -0.0785. The van der Waals surface area contributed by atoms with Gasteiger partial charge in [-0.05, 0) is 13.8 Å². The van der Waals surface area contributed by atoms with Crippen LogP contribution < -0.4 is 0 Å². The van der Waals surface area contributed by atoms with E-state index >= 15 is 0 Å². The van der Waals surface area contributed by atoms with Gasteiger partial charge in [0.05, 0.1) is 6.54 Å². The Balaban J connectivity index is 2.99. The molecule has 1 unspecified atom stereocenters. The van der Waals surface area contributed by atoms with Gasteiger partial charge in [0.2, 0.25) is 6.35 Å². The minimum atomic E-state index is -1.26. The number of hydrogen-bond donors (Lipinski definition) is 1. The van der Waals surface area contributed by atoms with Gasteiger partial charge in [0.15, 0.2) is 0 Å². The fourth-order valence-corrected chi connectivity index (χ4v) is 1.68. The predicted octanol–water partition coefficient (Wildman–Crippen LogP) is 1.20. The molecular weight excluding hydrogens is 234 g/mol. The van der Waals surface area contributed by atoms with Gasteiger partial charge in [-0.1, -0.05) is 24.3 Å². The highest BCUT2D eigenvalue weighted by molar-refractivity contribution is 5.96. The van der Waals surface area contributed by atoms with Crippen LogP contribution in [0, 0.1) is 0 Å². The highest BCUT2D eigenvalue weighted by Crippen LogP contribution is 2.18. The van der Waals surface area contributed by atoms with E-state index in [1.165, 1.54) is 11.9 Å². The topological polar surface area (TPSA) is 64.1 Å². The van der Waals surface area contributed by atoms with Crippen LogP contribution in [0.3, 0.4) is 0 Å². The normalized spacial score (nSPS) is 20.4. The molecule has 1 N–H and O–H groups in total. The highest BCUT2D eigenvalue weighted by Gasteiger charge is 2.41. The zero-order valence-electron chi connectivity index (χ0n) is 11.0. The second-order valence-electron chi connectivity index (χ2n) is 4.65. The molecule has 0 bridgehead atoms. The minimum absolute atomic E-state index is 0.140. The Morgan fingerprint density at radius 3 is 2.11 bits per heavy atom. The largest absolute Gasteiger partial charge is 0.356 e. The average Bonchev–Trinajstić information content (AvgIpc) is 2.27. The summed E-state index contributed by atoms with van der Waals surface area (Å²) in [6.45, 7) is 11.2. The first-order chi connectivity index (χ1) is 8.25. The molecule has 0 saturated carbocycles. The maximum absolute atomic E-state index is 12.1. The van der Waals surface area contributed by atoms with Crippen molar-refractivity contribution < 1.29 is 14.7 Å². The van der Waals surface area contributed by atoms with E-state index in [2.05, 4.69) is 13.2 Å². The van der Waals surface area contributed by atoms with E-state index in [4.69, 9.17) is 0 Å². The van der Waals surface area contributed by atoms with Gasteiger partial charge in [-0.2, -0.15) is 0 Å². The molecule has 1 aliphatic rings. The quantitative estimate of drug-likeness (QED) is 0.766. The van der Waals surface area contributed by atoms with Crippen LogP contribution in [0.25, 0.3) is 0 Å². The highest BCUT2D eigenvalue weighted by atomic mass is 16.3. The van der Waals surface area contributed by atoms with Crippen molar-refractivity contribution in [3.63, 3.8) is 0 Å². The first kappa shape index (κ1) is 14.2. The number of aliphatic hydroxyl groups is 1. The van der Waals surface area contributed by atoms with Gasteiger partial charge >= 0.3 is 12.1 Å².